The molecule has 1 aromatic heterocycles. The van der Waals surface area contributed by atoms with Gasteiger partial charge in [0.2, 0.25) is 0 Å². The lowest BCUT2D eigenvalue weighted by Crippen LogP contribution is -2.49. The Hall–Kier alpha value is -3.21. The quantitative estimate of drug-likeness (QED) is 0.574. The predicted octanol–water partition coefficient (Wildman–Crippen LogP) is 4.94. The number of anilines is 1. The van der Waals surface area contributed by atoms with Crippen LogP contribution in [0.25, 0.3) is 0 Å². The van der Waals surface area contributed by atoms with Crippen molar-refractivity contribution in [2.24, 2.45) is 0 Å². The van der Waals surface area contributed by atoms with E-state index in [1.54, 1.807) is 0 Å². The molecule has 33 heavy (non-hydrogen) atoms. The van der Waals surface area contributed by atoms with Gasteiger partial charge in [-0.25, -0.2) is 9.97 Å². The number of hydrogen-bond donors (Lipinski definition) is 0. The van der Waals surface area contributed by atoms with E-state index >= 15 is 0 Å². The van der Waals surface area contributed by atoms with Crippen molar-refractivity contribution in [3.05, 3.63) is 88.4 Å². The van der Waals surface area contributed by atoms with Crippen molar-refractivity contribution in [1.29, 1.82) is 0 Å². The average molecular weight is 443 g/mol. The summed E-state index contributed by atoms with van der Waals surface area (Å²) in [6.45, 7) is 13.5. The first-order valence-corrected chi connectivity index (χ1v) is 11.7. The molecule has 2 heterocycles. The minimum Gasteiger partial charge on any atom is -0.353 e. The molecule has 5 heteroatoms. The van der Waals surface area contributed by atoms with Crippen molar-refractivity contribution in [2.45, 2.75) is 46.5 Å². The highest BCUT2D eigenvalue weighted by Crippen LogP contribution is 2.26. The summed E-state index contributed by atoms with van der Waals surface area (Å²) in [4.78, 5) is 26.8. The van der Waals surface area contributed by atoms with Crippen molar-refractivity contribution >= 4 is 11.7 Å². The molecule has 0 bridgehead atoms. The molecule has 1 aliphatic rings. The summed E-state index contributed by atoms with van der Waals surface area (Å²) in [5.41, 5.74) is 5.53. The van der Waals surface area contributed by atoms with Crippen molar-refractivity contribution < 1.29 is 4.79 Å². The zero-order chi connectivity index (χ0) is 23.6. The van der Waals surface area contributed by atoms with E-state index in [4.69, 9.17) is 4.98 Å². The zero-order valence-corrected chi connectivity index (χ0v) is 20.4. The van der Waals surface area contributed by atoms with Gasteiger partial charge in [0, 0.05) is 49.4 Å². The smallest absolute Gasteiger partial charge is 0.253 e. The Bertz CT molecular complexity index is 1110. The monoisotopic (exact) mass is 442 g/mol. The van der Waals surface area contributed by atoms with E-state index in [1.807, 2.05) is 30.0 Å². The summed E-state index contributed by atoms with van der Waals surface area (Å²) in [7, 11) is 0. The summed E-state index contributed by atoms with van der Waals surface area (Å²) in [5.74, 6) is 1.90. The maximum atomic E-state index is 13.1. The molecule has 172 valence electrons. The fourth-order valence-corrected chi connectivity index (χ4v) is 4.40. The molecular formula is C28H34N4O. The van der Waals surface area contributed by atoms with Crippen LogP contribution >= 0.6 is 0 Å². The van der Waals surface area contributed by atoms with E-state index in [2.05, 4.69) is 74.0 Å². The lowest BCUT2D eigenvalue weighted by Gasteiger charge is -2.36. The first-order valence-electron chi connectivity index (χ1n) is 11.7. The lowest BCUT2D eigenvalue weighted by atomic mass is 9.86. The van der Waals surface area contributed by atoms with Gasteiger partial charge in [-0.2, -0.15) is 0 Å². The minimum atomic E-state index is 0.0818. The molecule has 0 radical (unpaired) electrons. The third-order valence-electron chi connectivity index (χ3n) is 6.39. The van der Waals surface area contributed by atoms with E-state index in [0.717, 1.165) is 42.4 Å². The van der Waals surface area contributed by atoms with E-state index < -0.39 is 0 Å². The van der Waals surface area contributed by atoms with Crippen molar-refractivity contribution in [2.75, 3.05) is 31.1 Å². The fourth-order valence-electron chi connectivity index (χ4n) is 4.40. The number of piperazine rings is 1. The van der Waals surface area contributed by atoms with Crippen LogP contribution in [0, 0.1) is 13.8 Å². The number of nitrogens with zero attached hydrogens (tertiary/aromatic N) is 4. The summed E-state index contributed by atoms with van der Waals surface area (Å²) in [5, 5.41) is 0. The third kappa shape index (κ3) is 5.24. The number of aryl methyl sites for hydroxylation is 2. The van der Waals surface area contributed by atoms with Crippen LogP contribution in [-0.2, 0) is 11.8 Å². The molecule has 5 nitrogen and oxygen atoms in total. The van der Waals surface area contributed by atoms with Crippen LogP contribution in [-0.4, -0.2) is 47.0 Å². The number of aromatic nitrogens is 2. The summed E-state index contributed by atoms with van der Waals surface area (Å²) in [6, 6.07) is 18.5. The molecule has 1 aliphatic heterocycles. The van der Waals surface area contributed by atoms with E-state index in [9.17, 15) is 4.79 Å². The second kappa shape index (κ2) is 9.34. The Kier molecular flexibility index (Phi) is 6.50. The Morgan fingerprint density at radius 2 is 1.52 bits per heavy atom. The fraction of sp³-hybridized carbons (Fsp3) is 0.393. The molecule has 0 saturated carbocycles. The molecule has 3 aromatic rings. The van der Waals surface area contributed by atoms with Gasteiger partial charge in [0.1, 0.15) is 11.6 Å². The first-order chi connectivity index (χ1) is 15.7. The molecule has 0 aliphatic carbocycles. The number of carbonyl (C=O) groups is 1. The van der Waals surface area contributed by atoms with Crippen LogP contribution in [0.15, 0.2) is 54.6 Å². The maximum Gasteiger partial charge on any atom is 0.253 e. The van der Waals surface area contributed by atoms with Gasteiger partial charge in [-0.3, -0.25) is 4.79 Å². The van der Waals surface area contributed by atoms with Gasteiger partial charge < -0.3 is 9.80 Å². The van der Waals surface area contributed by atoms with Gasteiger partial charge in [-0.15, -0.1) is 0 Å². The number of benzene rings is 2. The number of carbonyl (C=O) groups excluding carboxylic acids is 1. The molecule has 4 rings (SSSR count). The van der Waals surface area contributed by atoms with Crippen LogP contribution < -0.4 is 4.90 Å². The van der Waals surface area contributed by atoms with Crippen LogP contribution in [0.4, 0.5) is 5.82 Å². The Balaban J connectivity index is 1.48. The van der Waals surface area contributed by atoms with Crippen molar-refractivity contribution in [3.63, 3.8) is 0 Å². The van der Waals surface area contributed by atoms with Crippen LogP contribution in [0.2, 0.25) is 0 Å². The van der Waals surface area contributed by atoms with Gasteiger partial charge in [0.15, 0.2) is 0 Å². The highest BCUT2D eigenvalue weighted by molar-refractivity contribution is 5.94. The molecule has 2 aromatic carbocycles. The standard InChI is InChI=1S/C28H34N4O/c1-20-25(19-22-9-7-6-8-10-22)26(30-21(2)29-20)31-15-17-32(18-16-31)27(33)23-11-13-24(14-12-23)28(3,4)5/h6-14H,15-19H2,1-5H3. The number of amides is 1. The van der Waals surface area contributed by atoms with Gasteiger partial charge in [-0.1, -0.05) is 63.2 Å². The average Bonchev–Trinajstić information content (AvgIpc) is 2.80. The Morgan fingerprint density at radius 3 is 2.12 bits per heavy atom. The number of hydrogen-bond acceptors (Lipinski definition) is 4. The third-order valence-corrected chi connectivity index (χ3v) is 6.39. The molecule has 0 spiro atoms. The summed E-state index contributed by atoms with van der Waals surface area (Å²) < 4.78 is 0. The molecule has 0 N–H and O–H groups in total. The number of rotatable bonds is 4. The predicted molar refractivity (Wildman–Crippen MR) is 134 cm³/mol. The highest BCUT2D eigenvalue weighted by atomic mass is 16.2. The second-order valence-corrected chi connectivity index (χ2v) is 9.93. The first kappa shape index (κ1) is 23.0. The molecule has 1 fully saturated rings. The molecule has 0 atom stereocenters. The van der Waals surface area contributed by atoms with E-state index in [1.165, 1.54) is 16.7 Å². The van der Waals surface area contributed by atoms with Crippen LogP contribution in [0.3, 0.4) is 0 Å². The maximum absolute atomic E-state index is 13.1. The van der Waals surface area contributed by atoms with Gasteiger partial charge in [0.25, 0.3) is 5.91 Å². The van der Waals surface area contributed by atoms with Gasteiger partial charge in [-0.05, 0) is 42.5 Å². The second-order valence-electron chi connectivity index (χ2n) is 9.93. The van der Waals surface area contributed by atoms with Gasteiger partial charge >= 0.3 is 0 Å². The molecular weight excluding hydrogens is 408 g/mol. The largest absolute Gasteiger partial charge is 0.353 e. The molecule has 1 saturated heterocycles. The van der Waals surface area contributed by atoms with Crippen molar-refractivity contribution in [3.8, 4) is 0 Å². The summed E-state index contributed by atoms with van der Waals surface area (Å²) >= 11 is 0. The highest BCUT2D eigenvalue weighted by Gasteiger charge is 2.26. The Labute approximate surface area is 197 Å². The topological polar surface area (TPSA) is 49.3 Å². The molecule has 0 unspecified atom stereocenters. The minimum absolute atomic E-state index is 0.0818. The normalized spacial score (nSPS) is 14.5. The molecule has 1 amide bonds. The zero-order valence-electron chi connectivity index (χ0n) is 20.4. The van der Waals surface area contributed by atoms with E-state index in [-0.39, 0.29) is 11.3 Å². The lowest BCUT2D eigenvalue weighted by molar-refractivity contribution is 0.0746. The Morgan fingerprint density at radius 1 is 0.879 bits per heavy atom. The van der Waals surface area contributed by atoms with Crippen LogP contribution in [0.1, 0.15) is 59.3 Å². The van der Waals surface area contributed by atoms with Crippen molar-refractivity contribution in [1.82, 2.24) is 14.9 Å². The van der Waals surface area contributed by atoms with E-state index in [0.29, 0.717) is 13.1 Å². The summed E-state index contributed by atoms with van der Waals surface area (Å²) in [6.07, 6.45) is 0.807. The SMILES string of the molecule is Cc1nc(C)c(Cc2ccccc2)c(N2CCN(C(=O)c3ccc(C(C)(C)C)cc3)CC2)n1. The van der Waals surface area contributed by atoms with Gasteiger partial charge in [0.05, 0.1) is 0 Å². The van der Waals surface area contributed by atoms with Crippen LogP contribution in [0.5, 0.6) is 0 Å².